The molecule has 1 saturated heterocycles. The number of methoxy groups -OCH3 is 3. The van der Waals surface area contributed by atoms with Crippen LogP contribution in [0.5, 0.6) is 17.2 Å². The second-order valence-corrected chi connectivity index (χ2v) is 5.94. The molecule has 0 saturated carbocycles. The average Bonchev–Trinajstić information content (AvgIpc) is 2.72. The summed E-state index contributed by atoms with van der Waals surface area (Å²) in [6.07, 6.45) is 1.82. The quantitative estimate of drug-likeness (QED) is 0.746. The van der Waals surface area contributed by atoms with Gasteiger partial charge in [0.25, 0.3) is 0 Å². The minimum absolute atomic E-state index is 0.577. The Hall–Kier alpha value is -2.89. The summed E-state index contributed by atoms with van der Waals surface area (Å²) >= 11 is 0. The van der Waals surface area contributed by atoms with E-state index in [9.17, 15) is 0 Å². The monoisotopic (exact) mass is 355 g/mol. The number of piperazine rings is 1. The number of hydrazone groups is 1. The first kappa shape index (κ1) is 17.9. The third kappa shape index (κ3) is 3.85. The van der Waals surface area contributed by atoms with Gasteiger partial charge in [0, 0.05) is 24.3 Å². The van der Waals surface area contributed by atoms with E-state index in [0.29, 0.717) is 17.2 Å². The van der Waals surface area contributed by atoms with Crippen molar-refractivity contribution in [2.75, 3.05) is 52.4 Å². The minimum Gasteiger partial charge on any atom is -0.493 e. The molecule has 0 radical (unpaired) electrons. The van der Waals surface area contributed by atoms with E-state index in [1.165, 1.54) is 5.69 Å². The Kier molecular flexibility index (Phi) is 5.84. The third-order valence-electron chi connectivity index (χ3n) is 4.47. The highest BCUT2D eigenvalue weighted by Crippen LogP contribution is 2.39. The van der Waals surface area contributed by atoms with Crippen molar-refractivity contribution in [2.45, 2.75) is 0 Å². The van der Waals surface area contributed by atoms with Gasteiger partial charge in [-0.15, -0.1) is 0 Å². The standard InChI is InChI=1S/C20H25N3O3/c1-24-18-10-9-16(19(25-2)20(18)26-3)15-21-23-13-11-22(12-14-23)17-7-5-4-6-8-17/h4-10,15H,11-14H2,1-3H3/b21-15+. The predicted molar refractivity (Wildman–Crippen MR) is 104 cm³/mol. The molecule has 0 atom stereocenters. The number of nitrogens with zero attached hydrogens (tertiary/aromatic N) is 3. The summed E-state index contributed by atoms with van der Waals surface area (Å²) < 4.78 is 16.2. The number of ether oxygens (including phenoxy) is 3. The number of hydrogen-bond donors (Lipinski definition) is 0. The van der Waals surface area contributed by atoms with E-state index < -0.39 is 0 Å². The lowest BCUT2D eigenvalue weighted by Crippen LogP contribution is -2.44. The van der Waals surface area contributed by atoms with Crippen LogP contribution in [0.3, 0.4) is 0 Å². The Balaban J connectivity index is 1.68. The number of para-hydroxylation sites is 1. The van der Waals surface area contributed by atoms with Gasteiger partial charge in [0.15, 0.2) is 11.5 Å². The van der Waals surface area contributed by atoms with E-state index in [1.807, 2.05) is 24.4 Å². The fourth-order valence-electron chi connectivity index (χ4n) is 3.08. The first-order valence-electron chi connectivity index (χ1n) is 8.64. The summed E-state index contributed by atoms with van der Waals surface area (Å²) in [6, 6.07) is 14.3. The number of hydrogen-bond acceptors (Lipinski definition) is 6. The molecule has 1 fully saturated rings. The molecule has 2 aromatic rings. The van der Waals surface area contributed by atoms with Crippen LogP contribution in [0.25, 0.3) is 0 Å². The van der Waals surface area contributed by atoms with Crippen molar-refractivity contribution >= 4 is 11.9 Å². The molecule has 3 rings (SSSR count). The summed E-state index contributed by atoms with van der Waals surface area (Å²) in [4.78, 5) is 2.38. The second-order valence-electron chi connectivity index (χ2n) is 5.94. The van der Waals surface area contributed by atoms with Crippen molar-refractivity contribution in [3.8, 4) is 17.2 Å². The van der Waals surface area contributed by atoms with Crippen molar-refractivity contribution in [3.63, 3.8) is 0 Å². The first-order valence-corrected chi connectivity index (χ1v) is 8.64. The molecule has 0 spiro atoms. The van der Waals surface area contributed by atoms with E-state index in [2.05, 4.69) is 39.3 Å². The lowest BCUT2D eigenvalue weighted by molar-refractivity contribution is 0.272. The van der Waals surface area contributed by atoms with Crippen LogP contribution in [0.15, 0.2) is 47.6 Å². The highest BCUT2D eigenvalue weighted by Gasteiger charge is 2.17. The van der Waals surface area contributed by atoms with Gasteiger partial charge >= 0.3 is 0 Å². The van der Waals surface area contributed by atoms with Crippen LogP contribution in [0.4, 0.5) is 5.69 Å². The van der Waals surface area contributed by atoms with Crippen molar-refractivity contribution in [3.05, 3.63) is 48.0 Å². The van der Waals surface area contributed by atoms with Crippen molar-refractivity contribution in [1.82, 2.24) is 5.01 Å². The summed E-state index contributed by atoms with van der Waals surface area (Å²) in [5.41, 5.74) is 2.12. The van der Waals surface area contributed by atoms with Gasteiger partial charge in [0.05, 0.1) is 40.6 Å². The van der Waals surface area contributed by atoms with Crippen LogP contribution in [0.1, 0.15) is 5.56 Å². The number of anilines is 1. The van der Waals surface area contributed by atoms with Gasteiger partial charge in [0.2, 0.25) is 5.75 Å². The SMILES string of the molecule is COc1ccc(/C=N/N2CCN(c3ccccc3)CC2)c(OC)c1OC. The zero-order chi connectivity index (χ0) is 18.4. The van der Waals surface area contributed by atoms with Gasteiger partial charge in [0.1, 0.15) is 0 Å². The van der Waals surface area contributed by atoms with Gasteiger partial charge in [-0.2, -0.15) is 5.10 Å². The predicted octanol–water partition coefficient (Wildman–Crippen LogP) is 2.87. The molecule has 0 aliphatic carbocycles. The van der Waals surface area contributed by atoms with Gasteiger partial charge < -0.3 is 19.1 Å². The molecular formula is C20H25N3O3. The van der Waals surface area contributed by atoms with Gasteiger partial charge in [-0.3, -0.25) is 5.01 Å². The Morgan fingerprint density at radius 1 is 0.808 bits per heavy atom. The summed E-state index contributed by atoms with van der Waals surface area (Å²) in [5.74, 6) is 1.84. The maximum Gasteiger partial charge on any atom is 0.203 e. The smallest absolute Gasteiger partial charge is 0.203 e. The molecule has 0 N–H and O–H groups in total. The van der Waals surface area contributed by atoms with E-state index in [-0.39, 0.29) is 0 Å². The normalized spacial score (nSPS) is 14.6. The summed E-state index contributed by atoms with van der Waals surface area (Å²) in [5, 5.41) is 6.71. The molecule has 2 aromatic carbocycles. The highest BCUT2D eigenvalue weighted by molar-refractivity contribution is 5.86. The summed E-state index contributed by atoms with van der Waals surface area (Å²) in [6.45, 7) is 3.65. The number of rotatable bonds is 6. The van der Waals surface area contributed by atoms with Crippen LogP contribution < -0.4 is 19.1 Å². The first-order chi connectivity index (χ1) is 12.8. The molecule has 26 heavy (non-hydrogen) atoms. The van der Waals surface area contributed by atoms with Gasteiger partial charge in [-0.1, -0.05) is 18.2 Å². The molecular weight excluding hydrogens is 330 g/mol. The molecule has 138 valence electrons. The molecule has 1 aliphatic heterocycles. The van der Waals surface area contributed by atoms with Gasteiger partial charge in [-0.05, 0) is 24.3 Å². The Morgan fingerprint density at radius 2 is 1.50 bits per heavy atom. The topological polar surface area (TPSA) is 46.5 Å². The minimum atomic E-state index is 0.577. The molecule has 1 heterocycles. The van der Waals surface area contributed by atoms with E-state index >= 15 is 0 Å². The molecule has 1 aliphatic rings. The molecule has 0 bridgehead atoms. The largest absolute Gasteiger partial charge is 0.493 e. The lowest BCUT2D eigenvalue weighted by Gasteiger charge is -2.34. The van der Waals surface area contributed by atoms with Crippen LogP contribution in [0.2, 0.25) is 0 Å². The highest BCUT2D eigenvalue weighted by atomic mass is 16.5. The average molecular weight is 355 g/mol. The molecule has 0 aromatic heterocycles. The van der Waals surface area contributed by atoms with Crippen molar-refractivity contribution in [2.24, 2.45) is 5.10 Å². The molecule has 6 nitrogen and oxygen atoms in total. The maximum absolute atomic E-state index is 5.50. The second kappa shape index (κ2) is 8.47. The zero-order valence-electron chi connectivity index (χ0n) is 15.5. The van der Waals surface area contributed by atoms with Crippen LogP contribution in [0, 0.1) is 0 Å². The number of benzene rings is 2. The Bertz CT molecular complexity index is 741. The van der Waals surface area contributed by atoms with Crippen molar-refractivity contribution in [1.29, 1.82) is 0 Å². The van der Waals surface area contributed by atoms with Crippen LogP contribution >= 0.6 is 0 Å². The van der Waals surface area contributed by atoms with Gasteiger partial charge in [-0.25, -0.2) is 0 Å². The molecule has 6 heteroatoms. The summed E-state index contributed by atoms with van der Waals surface area (Å²) in [7, 11) is 4.83. The van der Waals surface area contributed by atoms with E-state index in [1.54, 1.807) is 21.3 Å². The van der Waals surface area contributed by atoms with Crippen LogP contribution in [-0.2, 0) is 0 Å². The zero-order valence-corrected chi connectivity index (χ0v) is 15.5. The lowest BCUT2D eigenvalue weighted by atomic mass is 10.2. The Morgan fingerprint density at radius 3 is 2.12 bits per heavy atom. The van der Waals surface area contributed by atoms with E-state index in [4.69, 9.17) is 14.2 Å². The van der Waals surface area contributed by atoms with Crippen LogP contribution in [-0.4, -0.2) is 58.7 Å². The third-order valence-corrected chi connectivity index (χ3v) is 4.47. The maximum atomic E-state index is 5.50. The van der Waals surface area contributed by atoms with Crippen molar-refractivity contribution < 1.29 is 14.2 Å². The fourth-order valence-corrected chi connectivity index (χ4v) is 3.08. The fraction of sp³-hybridized carbons (Fsp3) is 0.350. The molecule has 0 unspecified atom stereocenters. The Labute approximate surface area is 154 Å². The van der Waals surface area contributed by atoms with E-state index in [0.717, 1.165) is 31.7 Å². The molecule has 0 amide bonds.